The van der Waals surface area contributed by atoms with Gasteiger partial charge in [-0.25, -0.2) is 0 Å². The molecule has 0 fully saturated rings. The van der Waals surface area contributed by atoms with Crippen molar-refractivity contribution in [2.75, 3.05) is 13.2 Å². The molecule has 1 aliphatic heterocycles. The Bertz CT molecular complexity index is 567. The fraction of sp³-hybridized carbons (Fsp3) is 0.312. The van der Waals surface area contributed by atoms with E-state index in [1.54, 1.807) is 0 Å². The summed E-state index contributed by atoms with van der Waals surface area (Å²) in [4.78, 5) is 14.4. The third kappa shape index (κ3) is 2.76. The molecule has 0 radical (unpaired) electrons. The lowest BCUT2D eigenvalue weighted by atomic mass is 10.0. The molecule has 0 N–H and O–H groups in total. The van der Waals surface area contributed by atoms with Crippen LogP contribution in [-0.2, 0) is 22.5 Å². The van der Waals surface area contributed by atoms with E-state index in [0.717, 1.165) is 19.5 Å². The van der Waals surface area contributed by atoms with Gasteiger partial charge in [0, 0.05) is 18.0 Å². The molecule has 0 bridgehead atoms. The van der Waals surface area contributed by atoms with Gasteiger partial charge < -0.3 is 4.74 Å². The summed E-state index contributed by atoms with van der Waals surface area (Å²) < 4.78 is 5.05. The quantitative estimate of drug-likeness (QED) is 0.792. The van der Waals surface area contributed by atoms with Crippen LogP contribution in [0.4, 0.5) is 0 Å². The number of carbonyl (C=O) groups excluding carboxylic acids is 1. The molecule has 0 aliphatic carbocycles. The van der Waals surface area contributed by atoms with E-state index in [0.29, 0.717) is 13.1 Å². The monoisotopic (exact) mass is 287 g/mol. The molecule has 1 aliphatic rings. The lowest BCUT2D eigenvalue weighted by Gasteiger charge is -2.34. The van der Waals surface area contributed by atoms with Crippen molar-refractivity contribution in [2.24, 2.45) is 0 Å². The number of carbonyl (C=O) groups is 1. The van der Waals surface area contributed by atoms with Crippen molar-refractivity contribution < 1.29 is 9.53 Å². The summed E-state index contributed by atoms with van der Waals surface area (Å²) in [5.74, 6) is 0. The summed E-state index contributed by atoms with van der Waals surface area (Å²) in [6.45, 7) is 2.89. The molecule has 4 heteroatoms. The predicted octanol–water partition coefficient (Wildman–Crippen LogP) is 3.02. The smallest absolute Gasteiger partial charge is 0.293 e. The zero-order valence-electron chi connectivity index (χ0n) is 11.2. The zero-order valence-corrected chi connectivity index (χ0v) is 12.0. The minimum absolute atomic E-state index is 0.134. The van der Waals surface area contributed by atoms with E-state index < -0.39 is 0 Å². The third-order valence-corrected chi connectivity index (χ3v) is 4.81. The Balaban J connectivity index is 1.81. The first-order valence-electron chi connectivity index (χ1n) is 6.78. The van der Waals surface area contributed by atoms with Crippen LogP contribution in [0.25, 0.3) is 0 Å². The van der Waals surface area contributed by atoms with Crippen molar-refractivity contribution in [1.82, 2.24) is 4.90 Å². The highest BCUT2D eigenvalue weighted by molar-refractivity contribution is 7.10. The molecule has 1 unspecified atom stereocenters. The first-order chi connectivity index (χ1) is 9.88. The molecule has 3 rings (SSSR count). The first kappa shape index (κ1) is 13.3. The van der Waals surface area contributed by atoms with Gasteiger partial charge in [-0.1, -0.05) is 30.3 Å². The average Bonchev–Trinajstić information content (AvgIpc) is 2.96. The van der Waals surface area contributed by atoms with E-state index in [-0.39, 0.29) is 6.04 Å². The van der Waals surface area contributed by atoms with Gasteiger partial charge >= 0.3 is 0 Å². The van der Waals surface area contributed by atoms with Gasteiger partial charge in [0.25, 0.3) is 6.47 Å². The van der Waals surface area contributed by atoms with Crippen LogP contribution in [-0.4, -0.2) is 24.5 Å². The maximum Gasteiger partial charge on any atom is 0.293 e. The maximum absolute atomic E-state index is 10.5. The van der Waals surface area contributed by atoms with Crippen LogP contribution in [0.5, 0.6) is 0 Å². The second kappa shape index (κ2) is 6.20. The number of hydrogen-bond donors (Lipinski definition) is 0. The predicted molar refractivity (Wildman–Crippen MR) is 79.6 cm³/mol. The summed E-state index contributed by atoms with van der Waals surface area (Å²) in [5.41, 5.74) is 2.61. The van der Waals surface area contributed by atoms with Gasteiger partial charge in [-0.15, -0.1) is 11.3 Å². The van der Waals surface area contributed by atoms with Crippen molar-refractivity contribution >= 4 is 17.8 Å². The lowest BCUT2D eigenvalue weighted by molar-refractivity contribution is -0.130. The third-order valence-electron chi connectivity index (χ3n) is 3.78. The Hall–Kier alpha value is -1.65. The second-order valence-electron chi connectivity index (χ2n) is 4.95. The fourth-order valence-corrected chi connectivity index (χ4v) is 3.64. The largest absolute Gasteiger partial charge is 0.466 e. The summed E-state index contributed by atoms with van der Waals surface area (Å²) in [6.07, 6.45) is 1.08. The Morgan fingerprint density at radius 2 is 2.15 bits per heavy atom. The molecule has 0 spiro atoms. The molecule has 0 saturated carbocycles. The SMILES string of the molecule is O=COCC(c1ccccc1)N1CCc2sccc2C1. The van der Waals surface area contributed by atoms with Gasteiger partial charge in [-0.2, -0.15) is 0 Å². The van der Waals surface area contributed by atoms with E-state index in [9.17, 15) is 4.79 Å². The average molecular weight is 287 g/mol. The number of benzene rings is 1. The summed E-state index contributed by atoms with van der Waals surface area (Å²) in [6, 6.07) is 12.6. The molecule has 104 valence electrons. The van der Waals surface area contributed by atoms with Gasteiger partial charge in [0.05, 0.1) is 6.04 Å². The van der Waals surface area contributed by atoms with E-state index in [1.165, 1.54) is 16.0 Å². The summed E-state index contributed by atoms with van der Waals surface area (Å²) in [7, 11) is 0. The molecule has 1 aromatic carbocycles. The number of thiophene rings is 1. The van der Waals surface area contributed by atoms with Crippen LogP contribution < -0.4 is 0 Å². The number of ether oxygens (including phenoxy) is 1. The molecule has 2 aromatic rings. The minimum atomic E-state index is 0.134. The molecular weight excluding hydrogens is 270 g/mol. The van der Waals surface area contributed by atoms with Gasteiger partial charge in [0.1, 0.15) is 6.61 Å². The van der Waals surface area contributed by atoms with Crippen LogP contribution in [0.15, 0.2) is 41.8 Å². The number of nitrogens with zero attached hydrogens (tertiary/aromatic N) is 1. The Kier molecular flexibility index (Phi) is 4.14. The molecule has 0 saturated heterocycles. The second-order valence-corrected chi connectivity index (χ2v) is 5.95. The van der Waals surface area contributed by atoms with Crippen LogP contribution in [0.1, 0.15) is 22.0 Å². The van der Waals surface area contributed by atoms with Crippen molar-refractivity contribution in [3.05, 3.63) is 57.8 Å². The first-order valence-corrected chi connectivity index (χ1v) is 7.66. The Morgan fingerprint density at radius 3 is 2.95 bits per heavy atom. The molecule has 1 aromatic heterocycles. The van der Waals surface area contributed by atoms with Crippen LogP contribution in [0.3, 0.4) is 0 Å². The van der Waals surface area contributed by atoms with E-state index >= 15 is 0 Å². The van der Waals surface area contributed by atoms with Gasteiger partial charge in [0.2, 0.25) is 0 Å². The topological polar surface area (TPSA) is 29.5 Å². The highest BCUT2D eigenvalue weighted by Crippen LogP contribution is 2.30. The molecular formula is C16H17NO2S. The van der Waals surface area contributed by atoms with Crippen molar-refractivity contribution in [1.29, 1.82) is 0 Å². The number of rotatable bonds is 5. The zero-order chi connectivity index (χ0) is 13.8. The van der Waals surface area contributed by atoms with Crippen LogP contribution in [0, 0.1) is 0 Å². The van der Waals surface area contributed by atoms with Crippen molar-refractivity contribution in [3.8, 4) is 0 Å². The highest BCUT2D eigenvalue weighted by atomic mass is 32.1. The van der Waals surface area contributed by atoms with Crippen molar-refractivity contribution in [2.45, 2.75) is 19.0 Å². The Morgan fingerprint density at radius 1 is 1.30 bits per heavy atom. The van der Waals surface area contributed by atoms with E-state index in [2.05, 4.69) is 28.5 Å². The molecule has 1 atom stereocenters. The minimum Gasteiger partial charge on any atom is -0.466 e. The van der Waals surface area contributed by atoms with Gasteiger partial charge in [-0.05, 0) is 29.0 Å². The van der Waals surface area contributed by atoms with Crippen molar-refractivity contribution in [3.63, 3.8) is 0 Å². The van der Waals surface area contributed by atoms with Gasteiger partial charge in [0.15, 0.2) is 0 Å². The molecule has 3 nitrogen and oxygen atoms in total. The molecule has 2 heterocycles. The fourth-order valence-electron chi connectivity index (χ4n) is 2.75. The van der Waals surface area contributed by atoms with Crippen LogP contribution >= 0.6 is 11.3 Å². The summed E-state index contributed by atoms with van der Waals surface area (Å²) >= 11 is 1.84. The normalized spacial score (nSPS) is 16.4. The molecule has 0 amide bonds. The lowest BCUT2D eigenvalue weighted by Crippen LogP contribution is -2.35. The van der Waals surface area contributed by atoms with E-state index in [1.807, 2.05) is 29.5 Å². The van der Waals surface area contributed by atoms with Crippen LogP contribution in [0.2, 0.25) is 0 Å². The standard InChI is InChI=1S/C16H17NO2S/c18-12-19-11-15(13-4-2-1-3-5-13)17-8-6-16-14(10-17)7-9-20-16/h1-5,7,9,12,15H,6,8,10-11H2. The highest BCUT2D eigenvalue weighted by Gasteiger charge is 2.25. The number of hydrogen-bond acceptors (Lipinski definition) is 4. The maximum atomic E-state index is 10.5. The van der Waals surface area contributed by atoms with Gasteiger partial charge in [-0.3, -0.25) is 9.69 Å². The Labute approximate surface area is 122 Å². The van der Waals surface area contributed by atoms with E-state index in [4.69, 9.17) is 4.74 Å². The number of fused-ring (bicyclic) bond motifs is 1. The molecule has 20 heavy (non-hydrogen) atoms. The summed E-state index contributed by atoms with van der Waals surface area (Å²) in [5, 5.41) is 2.16.